The summed E-state index contributed by atoms with van der Waals surface area (Å²) in [6.45, 7) is 0.638. The van der Waals surface area contributed by atoms with Crippen molar-refractivity contribution in [3.63, 3.8) is 0 Å². The molecular formula is C12H16ClNO2S. The van der Waals surface area contributed by atoms with E-state index in [2.05, 4.69) is 5.32 Å². The first-order valence-electron chi connectivity index (χ1n) is 5.23. The molecule has 0 radical (unpaired) electrons. The van der Waals surface area contributed by atoms with Crippen LogP contribution in [0.5, 0.6) is 5.75 Å². The molecule has 94 valence electrons. The quantitative estimate of drug-likeness (QED) is 0.639. The SMILES string of the molecule is COc1ccc(C(Cl)C(=O)NCCSC)cc1. The van der Waals surface area contributed by atoms with Crippen molar-refractivity contribution in [2.75, 3.05) is 25.7 Å². The Kier molecular flexibility index (Phi) is 6.22. The molecule has 3 nitrogen and oxygen atoms in total. The Bertz CT molecular complexity index is 356. The first-order valence-corrected chi connectivity index (χ1v) is 7.06. The molecule has 0 spiro atoms. The molecule has 1 N–H and O–H groups in total. The van der Waals surface area contributed by atoms with Crippen molar-refractivity contribution in [1.82, 2.24) is 5.32 Å². The van der Waals surface area contributed by atoms with Crippen molar-refractivity contribution >= 4 is 29.3 Å². The van der Waals surface area contributed by atoms with Crippen LogP contribution in [0.15, 0.2) is 24.3 Å². The van der Waals surface area contributed by atoms with E-state index < -0.39 is 5.38 Å². The highest BCUT2D eigenvalue weighted by molar-refractivity contribution is 7.98. The summed E-state index contributed by atoms with van der Waals surface area (Å²) in [5.74, 6) is 1.48. The van der Waals surface area contributed by atoms with Gasteiger partial charge in [-0.3, -0.25) is 4.79 Å². The van der Waals surface area contributed by atoms with Gasteiger partial charge in [0.15, 0.2) is 0 Å². The number of carbonyl (C=O) groups is 1. The highest BCUT2D eigenvalue weighted by Crippen LogP contribution is 2.22. The van der Waals surface area contributed by atoms with Crippen LogP contribution >= 0.6 is 23.4 Å². The Morgan fingerprint density at radius 1 is 1.47 bits per heavy atom. The molecule has 0 aliphatic rings. The fourth-order valence-corrected chi connectivity index (χ4v) is 1.82. The van der Waals surface area contributed by atoms with Crippen LogP contribution < -0.4 is 10.1 Å². The minimum atomic E-state index is -0.650. The lowest BCUT2D eigenvalue weighted by Gasteiger charge is -2.11. The van der Waals surface area contributed by atoms with Gasteiger partial charge >= 0.3 is 0 Å². The minimum Gasteiger partial charge on any atom is -0.497 e. The number of nitrogens with one attached hydrogen (secondary N) is 1. The third-order valence-electron chi connectivity index (χ3n) is 2.24. The number of halogens is 1. The summed E-state index contributed by atoms with van der Waals surface area (Å²) in [5.41, 5.74) is 0.772. The van der Waals surface area contributed by atoms with Gasteiger partial charge in [-0.2, -0.15) is 11.8 Å². The Balaban J connectivity index is 2.55. The van der Waals surface area contributed by atoms with Crippen LogP contribution in [-0.4, -0.2) is 31.6 Å². The summed E-state index contributed by atoms with van der Waals surface area (Å²) >= 11 is 7.75. The lowest BCUT2D eigenvalue weighted by molar-refractivity contribution is -0.120. The van der Waals surface area contributed by atoms with E-state index in [1.165, 1.54) is 0 Å². The highest BCUT2D eigenvalue weighted by Gasteiger charge is 2.16. The summed E-state index contributed by atoms with van der Waals surface area (Å²) in [4.78, 5) is 11.7. The Labute approximate surface area is 111 Å². The summed E-state index contributed by atoms with van der Waals surface area (Å²) in [7, 11) is 1.60. The monoisotopic (exact) mass is 273 g/mol. The zero-order valence-corrected chi connectivity index (χ0v) is 11.5. The fourth-order valence-electron chi connectivity index (χ4n) is 1.29. The van der Waals surface area contributed by atoms with Gasteiger partial charge in [-0.05, 0) is 24.0 Å². The second kappa shape index (κ2) is 7.45. The van der Waals surface area contributed by atoms with Crippen LogP contribution in [0.2, 0.25) is 0 Å². The zero-order chi connectivity index (χ0) is 12.7. The molecule has 5 heteroatoms. The van der Waals surface area contributed by atoms with Crippen LogP contribution in [0, 0.1) is 0 Å². The van der Waals surface area contributed by atoms with Crippen LogP contribution in [0.3, 0.4) is 0 Å². The molecule has 1 rings (SSSR count). The van der Waals surface area contributed by atoms with Crippen LogP contribution in [0.4, 0.5) is 0 Å². The van der Waals surface area contributed by atoms with E-state index in [9.17, 15) is 4.79 Å². The van der Waals surface area contributed by atoms with Gasteiger partial charge in [0.25, 0.3) is 0 Å². The topological polar surface area (TPSA) is 38.3 Å². The molecule has 17 heavy (non-hydrogen) atoms. The smallest absolute Gasteiger partial charge is 0.242 e. The van der Waals surface area contributed by atoms with Crippen molar-refractivity contribution in [2.24, 2.45) is 0 Å². The molecule has 1 unspecified atom stereocenters. The molecule has 0 aliphatic carbocycles. The average molecular weight is 274 g/mol. The zero-order valence-electron chi connectivity index (χ0n) is 9.90. The third-order valence-corrected chi connectivity index (χ3v) is 3.31. The lowest BCUT2D eigenvalue weighted by atomic mass is 10.1. The molecule has 0 aromatic heterocycles. The lowest BCUT2D eigenvalue weighted by Crippen LogP contribution is -2.28. The van der Waals surface area contributed by atoms with Crippen molar-refractivity contribution in [3.8, 4) is 5.75 Å². The van der Waals surface area contributed by atoms with Crippen LogP contribution in [0.25, 0.3) is 0 Å². The van der Waals surface area contributed by atoms with E-state index in [1.807, 2.05) is 6.26 Å². The number of thioether (sulfide) groups is 1. The maximum Gasteiger partial charge on any atom is 0.242 e. The minimum absolute atomic E-state index is 0.161. The Hall–Kier alpha value is -0.870. The number of ether oxygens (including phenoxy) is 1. The van der Waals surface area contributed by atoms with Crippen molar-refractivity contribution in [2.45, 2.75) is 5.38 Å². The van der Waals surface area contributed by atoms with Crippen molar-refractivity contribution < 1.29 is 9.53 Å². The number of benzene rings is 1. The molecule has 0 heterocycles. The molecule has 0 saturated carbocycles. The fraction of sp³-hybridized carbons (Fsp3) is 0.417. The van der Waals surface area contributed by atoms with E-state index in [0.717, 1.165) is 17.1 Å². The van der Waals surface area contributed by atoms with Crippen LogP contribution in [0.1, 0.15) is 10.9 Å². The first kappa shape index (κ1) is 14.2. The molecule has 0 bridgehead atoms. The summed E-state index contributed by atoms with van der Waals surface area (Å²) in [6, 6.07) is 7.18. The third kappa shape index (κ3) is 4.48. The van der Waals surface area contributed by atoms with Gasteiger partial charge in [0.05, 0.1) is 7.11 Å². The van der Waals surface area contributed by atoms with Gasteiger partial charge in [0, 0.05) is 12.3 Å². The van der Waals surface area contributed by atoms with E-state index in [0.29, 0.717) is 6.54 Å². The van der Waals surface area contributed by atoms with Crippen LogP contribution in [-0.2, 0) is 4.79 Å². The highest BCUT2D eigenvalue weighted by atomic mass is 35.5. The summed E-state index contributed by atoms with van der Waals surface area (Å²) < 4.78 is 5.04. The average Bonchev–Trinajstić information content (AvgIpc) is 2.38. The molecule has 0 fully saturated rings. The van der Waals surface area contributed by atoms with Gasteiger partial charge in [-0.1, -0.05) is 12.1 Å². The predicted molar refractivity (Wildman–Crippen MR) is 73.0 cm³/mol. The number of rotatable bonds is 6. The second-order valence-corrected chi connectivity index (χ2v) is 4.84. The van der Waals surface area contributed by atoms with Gasteiger partial charge in [0.1, 0.15) is 11.1 Å². The molecule has 1 atom stereocenters. The number of carbonyl (C=O) groups excluding carboxylic acids is 1. The number of amides is 1. The molecule has 0 aliphatic heterocycles. The molecular weight excluding hydrogens is 258 g/mol. The first-order chi connectivity index (χ1) is 8.19. The molecule has 0 saturated heterocycles. The molecule has 1 aromatic carbocycles. The maximum atomic E-state index is 11.7. The van der Waals surface area contributed by atoms with Crippen molar-refractivity contribution in [3.05, 3.63) is 29.8 Å². The standard InChI is InChI=1S/C12H16ClNO2S/c1-16-10-5-3-9(4-6-10)11(13)12(15)14-7-8-17-2/h3-6,11H,7-8H2,1-2H3,(H,14,15). The largest absolute Gasteiger partial charge is 0.497 e. The van der Waals surface area contributed by atoms with E-state index >= 15 is 0 Å². The number of methoxy groups -OCH3 is 1. The maximum absolute atomic E-state index is 11.7. The molecule has 1 amide bonds. The second-order valence-electron chi connectivity index (χ2n) is 3.42. The number of hydrogen-bond acceptors (Lipinski definition) is 3. The summed E-state index contributed by atoms with van der Waals surface area (Å²) in [5, 5.41) is 2.14. The van der Waals surface area contributed by atoms with Crippen molar-refractivity contribution in [1.29, 1.82) is 0 Å². The predicted octanol–water partition coefficient (Wildman–Crippen LogP) is 2.45. The van der Waals surface area contributed by atoms with E-state index in [4.69, 9.17) is 16.3 Å². The van der Waals surface area contributed by atoms with Gasteiger partial charge in [0.2, 0.25) is 5.91 Å². The van der Waals surface area contributed by atoms with Gasteiger partial charge in [-0.15, -0.1) is 11.6 Å². The number of alkyl halides is 1. The van der Waals surface area contributed by atoms with E-state index in [-0.39, 0.29) is 5.91 Å². The van der Waals surface area contributed by atoms with Gasteiger partial charge < -0.3 is 10.1 Å². The summed E-state index contributed by atoms with van der Waals surface area (Å²) in [6.07, 6.45) is 1.99. The van der Waals surface area contributed by atoms with E-state index in [1.54, 1.807) is 43.1 Å². The number of hydrogen-bond donors (Lipinski definition) is 1. The Morgan fingerprint density at radius 3 is 2.65 bits per heavy atom. The van der Waals surface area contributed by atoms with Gasteiger partial charge in [-0.25, -0.2) is 0 Å². The Morgan fingerprint density at radius 2 is 2.12 bits per heavy atom. The normalized spacial score (nSPS) is 11.9. The molecule has 1 aromatic rings.